The van der Waals surface area contributed by atoms with Crippen LogP contribution in [0.4, 0.5) is 0 Å². The smallest absolute Gasteiger partial charge is 0.0701 e. The fourth-order valence-electron chi connectivity index (χ4n) is 1.94. The Kier molecular flexibility index (Phi) is 15.8. The van der Waals surface area contributed by atoms with Crippen molar-refractivity contribution in [2.45, 2.75) is 52.0 Å². The highest BCUT2D eigenvalue weighted by molar-refractivity contribution is 4.65. The minimum Gasteiger partial charge on any atom is -0.382 e. The molecule has 0 aromatic carbocycles. The van der Waals surface area contributed by atoms with E-state index in [-0.39, 0.29) is 0 Å². The van der Waals surface area contributed by atoms with Gasteiger partial charge in [0.1, 0.15) is 0 Å². The van der Waals surface area contributed by atoms with Crippen LogP contribution in [0, 0.1) is 0 Å². The van der Waals surface area contributed by atoms with Gasteiger partial charge in [-0.1, -0.05) is 20.3 Å². The van der Waals surface area contributed by atoms with Crippen LogP contribution < -0.4 is 5.32 Å². The van der Waals surface area contributed by atoms with E-state index in [1.807, 2.05) is 0 Å². The molecular formula is C15H33NO3. The van der Waals surface area contributed by atoms with Crippen molar-refractivity contribution in [3.63, 3.8) is 0 Å². The molecule has 0 aliphatic carbocycles. The van der Waals surface area contributed by atoms with E-state index in [2.05, 4.69) is 19.2 Å². The van der Waals surface area contributed by atoms with Gasteiger partial charge >= 0.3 is 0 Å². The number of hydrogen-bond donors (Lipinski definition) is 1. The first-order valence-electron chi connectivity index (χ1n) is 7.72. The van der Waals surface area contributed by atoms with Crippen LogP contribution in [-0.4, -0.2) is 52.7 Å². The molecule has 0 bridgehead atoms. The van der Waals surface area contributed by atoms with E-state index >= 15 is 0 Å². The quantitative estimate of drug-likeness (QED) is 0.466. The number of methoxy groups -OCH3 is 1. The third kappa shape index (κ3) is 14.1. The van der Waals surface area contributed by atoms with Crippen LogP contribution in [-0.2, 0) is 14.2 Å². The van der Waals surface area contributed by atoms with Crippen LogP contribution in [0.2, 0.25) is 0 Å². The minimum atomic E-state index is 0.652. The molecule has 0 radical (unpaired) electrons. The lowest BCUT2D eigenvalue weighted by Crippen LogP contribution is -2.29. The number of hydrogen-bond acceptors (Lipinski definition) is 4. The van der Waals surface area contributed by atoms with Crippen molar-refractivity contribution >= 4 is 0 Å². The molecule has 4 nitrogen and oxygen atoms in total. The van der Waals surface area contributed by atoms with Gasteiger partial charge in [-0.2, -0.15) is 0 Å². The molecule has 1 atom stereocenters. The Hall–Kier alpha value is -0.160. The minimum absolute atomic E-state index is 0.652. The molecule has 0 fully saturated rings. The Labute approximate surface area is 119 Å². The zero-order valence-corrected chi connectivity index (χ0v) is 13.1. The first-order chi connectivity index (χ1) is 9.35. The number of rotatable bonds is 15. The lowest BCUT2D eigenvalue weighted by Gasteiger charge is -2.17. The second kappa shape index (κ2) is 15.9. The third-order valence-electron chi connectivity index (χ3n) is 2.97. The van der Waals surface area contributed by atoms with E-state index in [4.69, 9.17) is 14.2 Å². The standard InChI is InChI=1S/C15H33NO3/c1-4-7-15(16-9-5-2)8-6-10-18-13-14-19-12-11-17-3/h15-16H,4-14H2,1-3H3. The highest BCUT2D eigenvalue weighted by Crippen LogP contribution is 2.05. The topological polar surface area (TPSA) is 39.7 Å². The largest absolute Gasteiger partial charge is 0.382 e. The van der Waals surface area contributed by atoms with Crippen molar-refractivity contribution in [1.82, 2.24) is 5.32 Å². The molecule has 0 saturated heterocycles. The Balaban J connectivity index is 3.29. The summed E-state index contributed by atoms with van der Waals surface area (Å²) in [6.07, 6.45) is 6.04. The molecule has 0 rings (SSSR count). The molecule has 1 N–H and O–H groups in total. The molecule has 0 aromatic rings. The molecule has 0 heterocycles. The average Bonchev–Trinajstić information content (AvgIpc) is 2.42. The van der Waals surface area contributed by atoms with Gasteiger partial charge in [-0.15, -0.1) is 0 Å². The molecule has 0 aliphatic rings. The van der Waals surface area contributed by atoms with E-state index in [0.29, 0.717) is 32.5 Å². The fraction of sp³-hybridized carbons (Fsp3) is 1.00. The van der Waals surface area contributed by atoms with Crippen molar-refractivity contribution in [3.8, 4) is 0 Å². The van der Waals surface area contributed by atoms with E-state index in [9.17, 15) is 0 Å². The summed E-state index contributed by atoms with van der Waals surface area (Å²) in [5.74, 6) is 0. The lowest BCUT2D eigenvalue weighted by atomic mass is 10.1. The molecule has 0 spiro atoms. The van der Waals surface area contributed by atoms with Crippen molar-refractivity contribution < 1.29 is 14.2 Å². The SMILES string of the molecule is CCCNC(CCC)CCCOCCOCCOC. The second-order valence-electron chi connectivity index (χ2n) is 4.80. The van der Waals surface area contributed by atoms with E-state index < -0.39 is 0 Å². The predicted octanol–water partition coefficient (Wildman–Crippen LogP) is 2.61. The van der Waals surface area contributed by atoms with Crippen LogP contribution in [0.5, 0.6) is 0 Å². The van der Waals surface area contributed by atoms with Crippen LogP contribution >= 0.6 is 0 Å². The zero-order chi connectivity index (χ0) is 14.2. The molecule has 0 aliphatic heterocycles. The van der Waals surface area contributed by atoms with Gasteiger partial charge in [0, 0.05) is 19.8 Å². The number of ether oxygens (including phenoxy) is 3. The summed E-state index contributed by atoms with van der Waals surface area (Å²) in [6.45, 7) is 9.07. The van der Waals surface area contributed by atoms with Crippen LogP contribution in [0.3, 0.4) is 0 Å². The molecule has 0 aromatic heterocycles. The Bertz CT molecular complexity index is 167. The monoisotopic (exact) mass is 275 g/mol. The van der Waals surface area contributed by atoms with Crippen LogP contribution in [0.1, 0.15) is 46.0 Å². The Morgan fingerprint density at radius 1 is 0.842 bits per heavy atom. The van der Waals surface area contributed by atoms with Crippen molar-refractivity contribution in [2.24, 2.45) is 0 Å². The average molecular weight is 275 g/mol. The third-order valence-corrected chi connectivity index (χ3v) is 2.97. The maximum Gasteiger partial charge on any atom is 0.0701 e. The molecule has 19 heavy (non-hydrogen) atoms. The highest BCUT2D eigenvalue weighted by atomic mass is 16.5. The van der Waals surface area contributed by atoms with E-state index in [1.165, 1.54) is 25.7 Å². The van der Waals surface area contributed by atoms with E-state index in [1.54, 1.807) is 7.11 Å². The van der Waals surface area contributed by atoms with Crippen LogP contribution in [0.15, 0.2) is 0 Å². The van der Waals surface area contributed by atoms with Gasteiger partial charge in [-0.25, -0.2) is 0 Å². The summed E-state index contributed by atoms with van der Waals surface area (Å²) in [6, 6.07) is 0.659. The summed E-state index contributed by atoms with van der Waals surface area (Å²) >= 11 is 0. The van der Waals surface area contributed by atoms with Gasteiger partial charge in [-0.3, -0.25) is 0 Å². The van der Waals surface area contributed by atoms with Crippen molar-refractivity contribution in [1.29, 1.82) is 0 Å². The summed E-state index contributed by atoms with van der Waals surface area (Å²) in [5, 5.41) is 3.60. The predicted molar refractivity (Wildman–Crippen MR) is 79.7 cm³/mol. The maximum atomic E-state index is 5.55. The van der Waals surface area contributed by atoms with Gasteiger partial charge in [0.05, 0.1) is 26.4 Å². The van der Waals surface area contributed by atoms with Gasteiger partial charge in [-0.05, 0) is 32.2 Å². The maximum absolute atomic E-state index is 5.55. The molecule has 1 unspecified atom stereocenters. The fourth-order valence-corrected chi connectivity index (χ4v) is 1.94. The first-order valence-corrected chi connectivity index (χ1v) is 7.72. The first kappa shape index (κ1) is 18.8. The normalized spacial score (nSPS) is 12.8. The molecule has 0 saturated carbocycles. The van der Waals surface area contributed by atoms with Gasteiger partial charge < -0.3 is 19.5 Å². The zero-order valence-electron chi connectivity index (χ0n) is 13.1. The highest BCUT2D eigenvalue weighted by Gasteiger charge is 2.05. The lowest BCUT2D eigenvalue weighted by molar-refractivity contribution is 0.0236. The van der Waals surface area contributed by atoms with Crippen molar-refractivity contribution in [3.05, 3.63) is 0 Å². The molecule has 0 amide bonds. The number of nitrogens with one attached hydrogen (secondary N) is 1. The molecular weight excluding hydrogens is 242 g/mol. The van der Waals surface area contributed by atoms with Gasteiger partial charge in [0.15, 0.2) is 0 Å². The molecule has 116 valence electrons. The van der Waals surface area contributed by atoms with E-state index in [0.717, 1.165) is 19.6 Å². The van der Waals surface area contributed by atoms with Gasteiger partial charge in [0.2, 0.25) is 0 Å². The van der Waals surface area contributed by atoms with Crippen molar-refractivity contribution in [2.75, 3.05) is 46.7 Å². The summed E-state index contributed by atoms with van der Waals surface area (Å²) in [7, 11) is 1.68. The second-order valence-corrected chi connectivity index (χ2v) is 4.80. The summed E-state index contributed by atoms with van der Waals surface area (Å²) < 4.78 is 15.8. The molecule has 4 heteroatoms. The van der Waals surface area contributed by atoms with Gasteiger partial charge in [0.25, 0.3) is 0 Å². The summed E-state index contributed by atoms with van der Waals surface area (Å²) in [5.41, 5.74) is 0. The Morgan fingerprint density at radius 2 is 1.53 bits per heavy atom. The Morgan fingerprint density at radius 3 is 2.16 bits per heavy atom. The van der Waals surface area contributed by atoms with Crippen LogP contribution in [0.25, 0.3) is 0 Å². The summed E-state index contributed by atoms with van der Waals surface area (Å²) in [4.78, 5) is 0.